The van der Waals surface area contributed by atoms with Gasteiger partial charge in [0.05, 0.1) is 6.42 Å². The third-order valence-electron chi connectivity index (χ3n) is 2.97. The van der Waals surface area contributed by atoms with E-state index in [0.29, 0.717) is 22.6 Å². The fraction of sp³-hybridized carbons (Fsp3) is 0.0667. The lowest BCUT2D eigenvalue weighted by atomic mass is 10.1. The average Bonchev–Trinajstić information content (AvgIpc) is 2.91. The molecule has 0 aliphatic rings. The number of anilines is 1. The van der Waals surface area contributed by atoms with Crippen LogP contribution in [0.25, 0.3) is 11.4 Å². The first-order chi connectivity index (χ1) is 10.1. The van der Waals surface area contributed by atoms with Crippen molar-refractivity contribution in [3.63, 3.8) is 0 Å². The van der Waals surface area contributed by atoms with Crippen molar-refractivity contribution in [1.82, 2.24) is 10.1 Å². The van der Waals surface area contributed by atoms with Gasteiger partial charge in [0.15, 0.2) is 0 Å². The van der Waals surface area contributed by atoms with Gasteiger partial charge in [0.25, 0.3) is 0 Å². The first-order valence-corrected chi connectivity index (χ1v) is 6.24. The minimum atomic E-state index is -0.640. The van der Waals surface area contributed by atoms with E-state index in [1.54, 1.807) is 24.3 Å². The van der Waals surface area contributed by atoms with Crippen LogP contribution in [0.1, 0.15) is 11.5 Å². The summed E-state index contributed by atoms with van der Waals surface area (Å²) in [5.41, 5.74) is 7.28. The highest BCUT2D eigenvalue weighted by molar-refractivity contribution is 5.60. The monoisotopic (exact) mass is 287 g/mol. The van der Waals surface area contributed by atoms with Crippen LogP contribution in [0.5, 0.6) is 0 Å². The molecule has 106 valence electrons. The van der Waals surface area contributed by atoms with Crippen molar-refractivity contribution in [2.75, 3.05) is 5.73 Å². The van der Waals surface area contributed by atoms with Crippen LogP contribution in [0, 0.1) is 11.6 Å². The topological polar surface area (TPSA) is 64.9 Å². The Hall–Kier alpha value is -2.76. The highest BCUT2D eigenvalue weighted by Crippen LogP contribution is 2.20. The third-order valence-corrected chi connectivity index (χ3v) is 2.97. The molecule has 3 aromatic rings. The molecule has 0 atom stereocenters. The third kappa shape index (κ3) is 2.89. The van der Waals surface area contributed by atoms with Gasteiger partial charge in [-0.05, 0) is 23.8 Å². The van der Waals surface area contributed by atoms with E-state index in [2.05, 4.69) is 10.1 Å². The standard InChI is InChI=1S/C15H11F2N3O/c16-11-5-4-9(13(17)8-11)7-14-19-15(20-21-14)10-2-1-3-12(18)6-10/h1-6,8H,7,18H2. The molecule has 0 saturated heterocycles. The van der Waals surface area contributed by atoms with E-state index in [1.807, 2.05) is 0 Å². The summed E-state index contributed by atoms with van der Waals surface area (Å²) in [4.78, 5) is 4.19. The molecule has 0 radical (unpaired) electrons. The van der Waals surface area contributed by atoms with E-state index < -0.39 is 11.6 Å². The molecule has 0 aliphatic heterocycles. The van der Waals surface area contributed by atoms with Crippen LogP contribution in [0.15, 0.2) is 47.0 Å². The molecule has 4 nitrogen and oxygen atoms in total. The Morgan fingerprint density at radius 1 is 1.10 bits per heavy atom. The first-order valence-electron chi connectivity index (χ1n) is 6.24. The second kappa shape index (κ2) is 5.32. The van der Waals surface area contributed by atoms with Crippen LogP contribution >= 0.6 is 0 Å². The molecule has 2 aromatic carbocycles. The minimum Gasteiger partial charge on any atom is -0.399 e. The zero-order valence-corrected chi connectivity index (χ0v) is 10.9. The Balaban J connectivity index is 1.85. The molecule has 0 aliphatic carbocycles. The van der Waals surface area contributed by atoms with Gasteiger partial charge in [-0.25, -0.2) is 8.78 Å². The maximum Gasteiger partial charge on any atom is 0.231 e. The summed E-state index contributed by atoms with van der Waals surface area (Å²) < 4.78 is 31.5. The van der Waals surface area contributed by atoms with Gasteiger partial charge in [-0.1, -0.05) is 23.4 Å². The van der Waals surface area contributed by atoms with Crippen LogP contribution in [-0.4, -0.2) is 10.1 Å². The van der Waals surface area contributed by atoms with Crippen molar-refractivity contribution >= 4 is 5.69 Å². The number of nitrogens with zero attached hydrogens (tertiary/aromatic N) is 2. The van der Waals surface area contributed by atoms with Gasteiger partial charge in [0.1, 0.15) is 11.6 Å². The fourth-order valence-corrected chi connectivity index (χ4v) is 1.95. The Morgan fingerprint density at radius 2 is 1.95 bits per heavy atom. The number of aromatic nitrogens is 2. The molecule has 0 amide bonds. The molecule has 1 heterocycles. The summed E-state index contributed by atoms with van der Waals surface area (Å²) in [6, 6.07) is 10.4. The second-order valence-corrected chi connectivity index (χ2v) is 4.55. The van der Waals surface area contributed by atoms with Crippen LogP contribution in [0.2, 0.25) is 0 Å². The molecular weight excluding hydrogens is 276 g/mol. The highest BCUT2D eigenvalue weighted by atomic mass is 19.1. The fourth-order valence-electron chi connectivity index (χ4n) is 1.95. The van der Waals surface area contributed by atoms with Crippen LogP contribution in [0.4, 0.5) is 14.5 Å². The number of benzene rings is 2. The van der Waals surface area contributed by atoms with Crippen molar-refractivity contribution in [3.8, 4) is 11.4 Å². The molecule has 0 bridgehead atoms. The minimum absolute atomic E-state index is 0.0986. The van der Waals surface area contributed by atoms with E-state index in [1.165, 1.54) is 12.1 Å². The van der Waals surface area contributed by atoms with Gasteiger partial charge in [-0.15, -0.1) is 0 Å². The van der Waals surface area contributed by atoms with Crippen molar-refractivity contribution in [2.24, 2.45) is 0 Å². The Bertz CT molecular complexity index is 786. The van der Waals surface area contributed by atoms with E-state index in [0.717, 1.165) is 6.07 Å². The molecule has 3 rings (SSSR count). The van der Waals surface area contributed by atoms with Crippen molar-refractivity contribution in [1.29, 1.82) is 0 Å². The van der Waals surface area contributed by atoms with Crippen molar-refractivity contribution in [3.05, 3.63) is 65.6 Å². The smallest absolute Gasteiger partial charge is 0.231 e. The molecule has 0 spiro atoms. The van der Waals surface area contributed by atoms with E-state index in [-0.39, 0.29) is 12.3 Å². The predicted octanol–water partition coefficient (Wildman–Crippen LogP) is 3.19. The SMILES string of the molecule is Nc1cccc(-c2noc(Cc3ccc(F)cc3F)n2)c1. The predicted molar refractivity (Wildman–Crippen MR) is 73.3 cm³/mol. The number of nitrogens with two attached hydrogens (primary N) is 1. The summed E-state index contributed by atoms with van der Waals surface area (Å²) in [5.74, 6) is -0.640. The number of nitrogen functional groups attached to an aromatic ring is 1. The largest absolute Gasteiger partial charge is 0.399 e. The zero-order chi connectivity index (χ0) is 14.8. The summed E-state index contributed by atoms with van der Waals surface area (Å²) in [5, 5.41) is 3.83. The quantitative estimate of drug-likeness (QED) is 0.751. The Labute approximate surface area is 119 Å². The molecule has 0 saturated carbocycles. The Kier molecular flexibility index (Phi) is 3.35. The second-order valence-electron chi connectivity index (χ2n) is 4.55. The van der Waals surface area contributed by atoms with Gasteiger partial charge in [-0.2, -0.15) is 4.98 Å². The Morgan fingerprint density at radius 3 is 2.71 bits per heavy atom. The molecule has 0 fully saturated rings. The van der Waals surface area contributed by atoms with E-state index in [9.17, 15) is 8.78 Å². The lowest BCUT2D eigenvalue weighted by Gasteiger charge is -1.99. The van der Waals surface area contributed by atoms with Crippen molar-refractivity contribution < 1.29 is 13.3 Å². The maximum absolute atomic E-state index is 13.6. The van der Waals surface area contributed by atoms with Gasteiger partial charge < -0.3 is 10.3 Å². The summed E-state index contributed by atoms with van der Waals surface area (Å²) in [6.45, 7) is 0. The van der Waals surface area contributed by atoms with Gasteiger partial charge in [0.2, 0.25) is 11.7 Å². The lowest BCUT2D eigenvalue weighted by molar-refractivity contribution is 0.384. The van der Waals surface area contributed by atoms with E-state index >= 15 is 0 Å². The average molecular weight is 287 g/mol. The summed E-state index contributed by atoms with van der Waals surface area (Å²) in [7, 11) is 0. The lowest BCUT2D eigenvalue weighted by Crippen LogP contribution is -1.94. The molecule has 21 heavy (non-hydrogen) atoms. The molecule has 6 heteroatoms. The maximum atomic E-state index is 13.6. The number of hydrogen-bond acceptors (Lipinski definition) is 4. The van der Waals surface area contributed by atoms with Gasteiger partial charge in [-0.3, -0.25) is 0 Å². The van der Waals surface area contributed by atoms with Crippen LogP contribution in [-0.2, 0) is 6.42 Å². The highest BCUT2D eigenvalue weighted by Gasteiger charge is 2.12. The number of halogens is 2. The first kappa shape index (κ1) is 13.2. The number of hydrogen-bond donors (Lipinski definition) is 1. The van der Waals surface area contributed by atoms with Crippen LogP contribution < -0.4 is 5.73 Å². The molecule has 1 aromatic heterocycles. The summed E-state index contributed by atoms with van der Waals surface area (Å²) in [6.07, 6.45) is 0.0986. The normalized spacial score (nSPS) is 10.8. The van der Waals surface area contributed by atoms with Gasteiger partial charge >= 0.3 is 0 Å². The molecule has 2 N–H and O–H groups in total. The van der Waals surface area contributed by atoms with Crippen molar-refractivity contribution in [2.45, 2.75) is 6.42 Å². The zero-order valence-electron chi connectivity index (χ0n) is 10.9. The van der Waals surface area contributed by atoms with Crippen LogP contribution in [0.3, 0.4) is 0 Å². The van der Waals surface area contributed by atoms with E-state index in [4.69, 9.17) is 10.3 Å². The van der Waals surface area contributed by atoms with Gasteiger partial charge in [0, 0.05) is 17.3 Å². The molecule has 0 unspecified atom stereocenters. The number of rotatable bonds is 3. The molecular formula is C15H11F2N3O. The summed E-state index contributed by atoms with van der Waals surface area (Å²) >= 11 is 0.